The lowest BCUT2D eigenvalue weighted by molar-refractivity contribution is 0.112. The molecule has 92 valence electrons. The molecular formula is C13H17NO3. The highest BCUT2D eigenvalue weighted by atomic mass is 16.5. The van der Waals surface area contributed by atoms with Crippen LogP contribution >= 0.6 is 0 Å². The maximum Gasteiger partial charge on any atom is 0.161 e. The monoisotopic (exact) mass is 235 g/mol. The third-order valence-corrected chi connectivity index (χ3v) is 2.34. The van der Waals surface area contributed by atoms with Crippen LogP contribution in [0.15, 0.2) is 18.2 Å². The number of hydrogen-bond donors (Lipinski definition) is 1. The Bertz CT molecular complexity index is 413. The molecule has 0 saturated heterocycles. The first-order chi connectivity index (χ1) is 8.26. The van der Waals surface area contributed by atoms with E-state index in [1.807, 2.05) is 19.2 Å². The van der Waals surface area contributed by atoms with Crippen molar-refractivity contribution in [3.05, 3.63) is 29.3 Å². The first kappa shape index (κ1) is 13.3. The van der Waals surface area contributed by atoms with Crippen molar-refractivity contribution in [1.82, 2.24) is 5.32 Å². The van der Waals surface area contributed by atoms with E-state index in [1.165, 1.54) is 0 Å². The molecule has 0 heterocycles. The van der Waals surface area contributed by atoms with Gasteiger partial charge in [-0.05, 0) is 24.7 Å². The van der Waals surface area contributed by atoms with E-state index < -0.39 is 0 Å². The lowest BCUT2D eigenvalue weighted by Crippen LogP contribution is -2.03. The van der Waals surface area contributed by atoms with Crippen LogP contribution in [-0.2, 0) is 0 Å². The first-order valence-corrected chi connectivity index (χ1v) is 5.29. The van der Waals surface area contributed by atoms with Gasteiger partial charge in [-0.2, -0.15) is 0 Å². The quantitative estimate of drug-likeness (QED) is 0.763. The van der Waals surface area contributed by atoms with Crippen molar-refractivity contribution in [2.24, 2.45) is 0 Å². The predicted molar refractivity (Wildman–Crippen MR) is 67.9 cm³/mol. The summed E-state index contributed by atoms with van der Waals surface area (Å²) in [7, 11) is 4.97. The second-order valence-electron chi connectivity index (χ2n) is 3.41. The average Bonchev–Trinajstić information content (AvgIpc) is 2.38. The van der Waals surface area contributed by atoms with Crippen molar-refractivity contribution in [3.8, 4) is 11.5 Å². The highest BCUT2D eigenvalue weighted by Gasteiger charge is 2.08. The molecule has 0 radical (unpaired) electrons. The Balaban J connectivity index is 3.14. The maximum atomic E-state index is 11.0. The molecule has 1 aromatic carbocycles. The molecule has 4 heteroatoms. The molecule has 0 atom stereocenters. The highest BCUT2D eigenvalue weighted by molar-refractivity contribution is 5.83. The number of hydrogen-bond acceptors (Lipinski definition) is 4. The van der Waals surface area contributed by atoms with Crippen LogP contribution in [0.1, 0.15) is 15.9 Å². The summed E-state index contributed by atoms with van der Waals surface area (Å²) in [6, 6.07) is 3.46. The van der Waals surface area contributed by atoms with Crippen molar-refractivity contribution < 1.29 is 14.3 Å². The summed E-state index contributed by atoms with van der Waals surface area (Å²) in [6.07, 6.45) is 4.62. The standard InChI is InChI=1S/C13H17NO3/c1-14-6-4-5-10-7-12(16-2)13(17-3)8-11(10)9-15/h4-5,7-9,14H,6H2,1-3H3. The molecular weight excluding hydrogens is 218 g/mol. The number of aldehydes is 1. The van der Waals surface area contributed by atoms with Crippen LogP contribution in [0, 0.1) is 0 Å². The minimum atomic E-state index is 0.556. The SMILES string of the molecule is CNCC=Cc1cc(OC)c(OC)cc1C=O. The fraction of sp³-hybridized carbons (Fsp3) is 0.308. The minimum Gasteiger partial charge on any atom is -0.493 e. The van der Waals surface area contributed by atoms with E-state index in [4.69, 9.17) is 9.47 Å². The summed E-state index contributed by atoms with van der Waals surface area (Å²) in [5.74, 6) is 1.17. The number of ether oxygens (including phenoxy) is 2. The van der Waals surface area contributed by atoms with Crippen LogP contribution in [0.2, 0.25) is 0 Å². The van der Waals surface area contributed by atoms with E-state index in [1.54, 1.807) is 26.4 Å². The summed E-state index contributed by atoms with van der Waals surface area (Å²) in [5, 5.41) is 3.00. The van der Waals surface area contributed by atoms with Gasteiger partial charge in [0.05, 0.1) is 14.2 Å². The summed E-state index contributed by atoms with van der Waals surface area (Å²) in [6.45, 7) is 0.743. The number of carbonyl (C=O) groups excluding carboxylic acids is 1. The maximum absolute atomic E-state index is 11.0. The van der Waals surface area contributed by atoms with Gasteiger partial charge in [0.2, 0.25) is 0 Å². The first-order valence-electron chi connectivity index (χ1n) is 5.29. The van der Waals surface area contributed by atoms with Gasteiger partial charge in [-0.25, -0.2) is 0 Å². The number of benzene rings is 1. The zero-order valence-corrected chi connectivity index (χ0v) is 10.3. The van der Waals surface area contributed by atoms with E-state index in [-0.39, 0.29) is 0 Å². The van der Waals surface area contributed by atoms with Gasteiger partial charge in [-0.15, -0.1) is 0 Å². The van der Waals surface area contributed by atoms with E-state index in [9.17, 15) is 4.79 Å². The van der Waals surface area contributed by atoms with Crippen LogP contribution < -0.4 is 14.8 Å². The van der Waals surface area contributed by atoms with Crippen LogP contribution in [0.4, 0.5) is 0 Å². The van der Waals surface area contributed by atoms with E-state index in [0.717, 1.165) is 18.4 Å². The van der Waals surface area contributed by atoms with Crippen molar-refractivity contribution in [2.45, 2.75) is 0 Å². The predicted octanol–water partition coefficient (Wildman–Crippen LogP) is 1.75. The fourth-order valence-corrected chi connectivity index (χ4v) is 1.46. The molecule has 0 bridgehead atoms. The van der Waals surface area contributed by atoms with Crippen molar-refractivity contribution in [3.63, 3.8) is 0 Å². The van der Waals surface area contributed by atoms with Crippen LogP contribution in [-0.4, -0.2) is 34.1 Å². The molecule has 17 heavy (non-hydrogen) atoms. The summed E-state index contributed by atoms with van der Waals surface area (Å²) < 4.78 is 10.3. The Morgan fingerprint density at radius 2 is 1.76 bits per heavy atom. The second-order valence-corrected chi connectivity index (χ2v) is 3.41. The molecule has 0 aliphatic heterocycles. The lowest BCUT2D eigenvalue weighted by Gasteiger charge is -2.10. The Hall–Kier alpha value is -1.81. The van der Waals surface area contributed by atoms with Gasteiger partial charge in [-0.3, -0.25) is 4.79 Å². The van der Waals surface area contributed by atoms with Gasteiger partial charge >= 0.3 is 0 Å². The largest absolute Gasteiger partial charge is 0.493 e. The van der Waals surface area contributed by atoms with Gasteiger partial charge in [0.25, 0.3) is 0 Å². The van der Waals surface area contributed by atoms with Crippen LogP contribution in [0.25, 0.3) is 6.08 Å². The minimum absolute atomic E-state index is 0.556. The van der Waals surface area contributed by atoms with Gasteiger partial charge in [0, 0.05) is 12.1 Å². The van der Waals surface area contributed by atoms with Gasteiger partial charge in [0.15, 0.2) is 17.8 Å². The molecule has 1 aromatic rings. The number of likely N-dealkylation sites (N-methyl/N-ethyl adjacent to an activating group) is 1. The normalized spacial score (nSPS) is 10.5. The number of carbonyl (C=O) groups is 1. The summed E-state index contributed by atoms with van der Waals surface area (Å²) in [5.41, 5.74) is 1.39. The van der Waals surface area contributed by atoms with E-state index >= 15 is 0 Å². The Kier molecular flexibility index (Phi) is 5.23. The lowest BCUT2D eigenvalue weighted by atomic mass is 10.1. The van der Waals surface area contributed by atoms with Crippen molar-refractivity contribution in [1.29, 1.82) is 0 Å². The zero-order valence-electron chi connectivity index (χ0n) is 10.3. The molecule has 0 unspecified atom stereocenters. The number of methoxy groups -OCH3 is 2. The van der Waals surface area contributed by atoms with E-state index in [0.29, 0.717) is 17.1 Å². The zero-order chi connectivity index (χ0) is 12.7. The molecule has 4 nitrogen and oxygen atoms in total. The summed E-state index contributed by atoms with van der Waals surface area (Å²) >= 11 is 0. The van der Waals surface area contributed by atoms with Gasteiger partial charge < -0.3 is 14.8 Å². The number of rotatable bonds is 6. The molecule has 0 fully saturated rings. The molecule has 0 aromatic heterocycles. The fourth-order valence-electron chi connectivity index (χ4n) is 1.46. The van der Waals surface area contributed by atoms with Gasteiger partial charge in [-0.1, -0.05) is 12.2 Å². The Labute approximate surface area is 101 Å². The van der Waals surface area contributed by atoms with E-state index in [2.05, 4.69) is 5.32 Å². The number of nitrogens with one attached hydrogen (secondary N) is 1. The smallest absolute Gasteiger partial charge is 0.161 e. The van der Waals surface area contributed by atoms with Crippen molar-refractivity contribution >= 4 is 12.4 Å². The summed E-state index contributed by atoms with van der Waals surface area (Å²) in [4.78, 5) is 11.0. The topological polar surface area (TPSA) is 47.6 Å². The van der Waals surface area contributed by atoms with Crippen molar-refractivity contribution in [2.75, 3.05) is 27.8 Å². The molecule has 0 amide bonds. The molecule has 1 rings (SSSR count). The average molecular weight is 235 g/mol. The highest BCUT2D eigenvalue weighted by Crippen LogP contribution is 2.30. The van der Waals surface area contributed by atoms with Crippen LogP contribution in [0.5, 0.6) is 11.5 Å². The third kappa shape index (κ3) is 3.32. The molecule has 0 spiro atoms. The Morgan fingerprint density at radius 1 is 1.18 bits per heavy atom. The third-order valence-electron chi connectivity index (χ3n) is 2.34. The molecule has 0 aliphatic rings. The Morgan fingerprint density at radius 3 is 2.24 bits per heavy atom. The molecule has 0 saturated carbocycles. The van der Waals surface area contributed by atoms with Crippen LogP contribution in [0.3, 0.4) is 0 Å². The molecule has 0 aliphatic carbocycles. The van der Waals surface area contributed by atoms with Gasteiger partial charge in [0.1, 0.15) is 0 Å². The second kappa shape index (κ2) is 6.70. The molecule has 1 N–H and O–H groups in total.